The summed E-state index contributed by atoms with van der Waals surface area (Å²) in [7, 11) is -2.35. The van der Waals surface area contributed by atoms with Gasteiger partial charge >= 0.3 is 5.97 Å². The van der Waals surface area contributed by atoms with Gasteiger partial charge in [-0.1, -0.05) is 12.1 Å². The molecule has 1 aromatic carbocycles. The number of sulfonamides is 1. The highest BCUT2D eigenvalue weighted by molar-refractivity contribution is 7.92. The first-order chi connectivity index (χ1) is 11.4. The summed E-state index contributed by atoms with van der Waals surface area (Å²) in [6.45, 7) is 1.99. The third-order valence-electron chi connectivity index (χ3n) is 3.03. The Kier molecular flexibility index (Phi) is 5.75. The Morgan fingerprint density at radius 3 is 2.67 bits per heavy atom. The van der Waals surface area contributed by atoms with E-state index in [1.165, 1.54) is 25.3 Å². The van der Waals surface area contributed by atoms with Crippen molar-refractivity contribution in [2.75, 3.05) is 18.4 Å². The zero-order chi connectivity index (χ0) is 17.6. The highest BCUT2D eigenvalue weighted by atomic mass is 32.2. The molecule has 0 saturated carbocycles. The molecule has 0 atom stereocenters. The highest BCUT2D eigenvalue weighted by Gasteiger charge is 2.16. The Morgan fingerprint density at radius 1 is 1.21 bits per heavy atom. The lowest BCUT2D eigenvalue weighted by molar-refractivity contribution is -0.142. The van der Waals surface area contributed by atoms with Gasteiger partial charge in [0, 0.05) is 6.07 Å². The number of hydrogen-bond acceptors (Lipinski definition) is 6. The molecule has 2 aromatic rings. The fourth-order valence-electron chi connectivity index (χ4n) is 1.96. The third-order valence-corrected chi connectivity index (χ3v) is 4.38. The van der Waals surface area contributed by atoms with Gasteiger partial charge in [0.1, 0.15) is 11.6 Å². The number of benzene rings is 1. The maximum Gasteiger partial charge on any atom is 0.311 e. The van der Waals surface area contributed by atoms with Crippen molar-refractivity contribution in [2.45, 2.75) is 18.2 Å². The number of methoxy groups -OCH3 is 1. The molecule has 0 aliphatic rings. The lowest BCUT2D eigenvalue weighted by Crippen LogP contribution is -2.15. The van der Waals surface area contributed by atoms with Crippen LogP contribution in [-0.4, -0.2) is 33.1 Å². The van der Waals surface area contributed by atoms with Gasteiger partial charge in [0.05, 0.1) is 30.7 Å². The van der Waals surface area contributed by atoms with Crippen molar-refractivity contribution < 1.29 is 22.7 Å². The van der Waals surface area contributed by atoms with Crippen LogP contribution < -0.4 is 9.46 Å². The fraction of sp³-hybridized carbons (Fsp3) is 0.250. The smallest absolute Gasteiger partial charge is 0.311 e. The van der Waals surface area contributed by atoms with Gasteiger partial charge in [-0.25, -0.2) is 13.4 Å². The molecule has 0 bridgehead atoms. The summed E-state index contributed by atoms with van der Waals surface area (Å²) in [5, 5.41) is 0. The molecule has 0 fully saturated rings. The number of pyridine rings is 1. The minimum absolute atomic E-state index is 0.0252. The number of nitrogens with zero attached hydrogens (tertiary/aromatic N) is 1. The first kappa shape index (κ1) is 17.7. The van der Waals surface area contributed by atoms with Crippen LogP contribution in [0.15, 0.2) is 47.4 Å². The number of hydrogen-bond donors (Lipinski definition) is 1. The van der Waals surface area contributed by atoms with Crippen molar-refractivity contribution in [3.8, 4) is 5.75 Å². The van der Waals surface area contributed by atoms with Crippen molar-refractivity contribution in [1.82, 2.24) is 4.98 Å². The van der Waals surface area contributed by atoms with E-state index in [4.69, 9.17) is 9.47 Å². The number of aromatic nitrogens is 1. The first-order valence-electron chi connectivity index (χ1n) is 7.23. The molecule has 0 unspecified atom stereocenters. The van der Waals surface area contributed by atoms with Crippen LogP contribution in [0.4, 0.5) is 5.82 Å². The zero-order valence-corrected chi connectivity index (χ0v) is 14.2. The number of ether oxygens (including phenoxy) is 2. The first-order valence-corrected chi connectivity index (χ1v) is 8.71. The molecule has 1 heterocycles. The van der Waals surface area contributed by atoms with Crippen LogP contribution in [0, 0.1) is 0 Å². The van der Waals surface area contributed by atoms with Crippen molar-refractivity contribution in [1.29, 1.82) is 0 Å². The van der Waals surface area contributed by atoms with E-state index < -0.39 is 16.0 Å². The second kappa shape index (κ2) is 7.78. The number of rotatable bonds is 7. The Hall–Kier alpha value is -2.61. The second-order valence-electron chi connectivity index (χ2n) is 4.78. The molecule has 2 rings (SSSR count). The van der Waals surface area contributed by atoms with Gasteiger partial charge in [0.25, 0.3) is 10.0 Å². The zero-order valence-electron chi connectivity index (χ0n) is 13.4. The number of carbonyl (C=O) groups excluding carboxylic acids is 1. The van der Waals surface area contributed by atoms with Crippen LogP contribution in [-0.2, 0) is 26.0 Å². The average Bonchev–Trinajstić information content (AvgIpc) is 2.55. The van der Waals surface area contributed by atoms with E-state index in [2.05, 4.69) is 9.71 Å². The summed E-state index contributed by atoms with van der Waals surface area (Å²) < 4.78 is 37.1. The van der Waals surface area contributed by atoms with Crippen LogP contribution in [0.25, 0.3) is 0 Å². The van der Waals surface area contributed by atoms with E-state index in [-0.39, 0.29) is 23.7 Å². The van der Waals surface area contributed by atoms with E-state index >= 15 is 0 Å². The predicted molar refractivity (Wildman–Crippen MR) is 88.4 cm³/mol. The molecule has 1 N–H and O–H groups in total. The van der Waals surface area contributed by atoms with Crippen molar-refractivity contribution in [3.63, 3.8) is 0 Å². The van der Waals surface area contributed by atoms with E-state index in [0.717, 1.165) is 0 Å². The lowest BCUT2D eigenvalue weighted by atomic mass is 10.3. The number of anilines is 1. The molecule has 24 heavy (non-hydrogen) atoms. The Bertz CT molecular complexity index is 821. The number of nitrogens with one attached hydrogen (secondary N) is 1. The molecule has 8 heteroatoms. The van der Waals surface area contributed by atoms with E-state index in [1.807, 2.05) is 0 Å². The monoisotopic (exact) mass is 350 g/mol. The van der Waals surface area contributed by atoms with Gasteiger partial charge in [0.2, 0.25) is 0 Å². The van der Waals surface area contributed by atoms with Crippen molar-refractivity contribution in [2.24, 2.45) is 0 Å². The average molecular weight is 350 g/mol. The molecule has 1 aromatic heterocycles. The molecular formula is C16H18N2O5S. The molecule has 0 radical (unpaired) electrons. The van der Waals surface area contributed by atoms with Crippen LogP contribution in [0.3, 0.4) is 0 Å². The molecule has 0 saturated heterocycles. The van der Waals surface area contributed by atoms with Gasteiger partial charge in [-0.15, -0.1) is 0 Å². The van der Waals surface area contributed by atoms with Crippen molar-refractivity contribution in [3.05, 3.63) is 48.2 Å². The summed E-state index contributed by atoms with van der Waals surface area (Å²) in [6, 6.07) is 10.8. The van der Waals surface area contributed by atoms with Crippen molar-refractivity contribution >= 4 is 21.8 Å². The van der Waals surface area contributed by atoms with E-state index in [1.54, 1.807) is 31.2 Å². The molecule has 0 aliphatic carbocycles. The van der Waals surface area contributed by atoms with Gasteiger partial charge in [-0.3, -0.25) is 9.52 Å². The van der Waals surface area contributed by atoms with Gasteiger partial charge in [-0.05, 0) is 31.2 Å². The molecule has 0 aliphatic heterocycles. The van der Waals surface area contributed by atoms with Gasteiger partial charge in [0.15, 0.2) is 0 Å². The van der Waals surface area contributed by atoms with Gasteiger partial charge < -0.3 is 9.47 Å². The second-order valence-corrected chi connectivity index (χ2v) is 6.46. The molecule has 0 amide bonds. The van der Waals surface area contributed by atoms with Crippen LogP contribution in [0.5, 0.6) is 5.75 Å². The van der Waals surface area contributed by atoms with Crippen LogP contribution in [0.1, 0.15) is 12.6 Å². The maximum absolute atomic E-state index is 12.4. The highest BCUT2D eigenvalue weighted by Crippen LogP contribution is 2.19. The molecule has 7 nitrogen and oxygen atoms in total. The van der Waals surface area contributed by atoms with Gasteiger partial charge in [-0.2, -0.15) is 0 Å². The summed E-state index contributed by atoms with van der Waals surface area (Å²) >= 11 is 0. The maximum atomic E-state index is 12.4. The Labute approximate surface area is 140 Å². The van der Waals surface area contributed by atoms with Crippen LogP contribution in [0.2, 0.25) is 0 Å². The molecule has 0 spiro atoms. The minimum atomic E-state index is -3.81. The summed E-state index contributed by atoms with van der Waals surface area (Å²) in [4.78, 5) is 15.7. The summed E-state index contributed by atoms with van der Waals surface area (Å²) in [5.41, 5.74) is 0.416. The Balaban J connectivity index is 2.19. The Morgan fingerprint density at radius 2 is 1.96 bits per heavy atom. The summed E-state index contributed by atoms with van der Waals surface area (Å²) in [5.74, 6) is 0.138. The molecule has 128 valence electrons. The predicted octanol–water partition coefficient (Wildman–Crippen LogP) is 2.00. The number of carbonyl (C=O) groups is 1. The fourth-order valence-corrected chi connectivity index (χ4v) is 3.00. The summed E-state index contributed by atoms with van der Waals surface area (Å²) in [6.07, 6.45) is -0.0252. The SMILES string of the molecule is CCOC(=O)Cc1cccc(NS(=O)(=O)c2cccc(OC)c2)n1. The quantitative estimate of drug-likeness (QED) is 0.768. The van der Waals surface area contributed by atoms with E-state index in [0.29, 0.717) is 11.4 Å². The van der Waals surface area contributed by atoms with Crippen LogP contribution >= 0.6 is 0 Å². The third kappa shape index (κ3) is 4.69. The minimum Gasteiger partial charge on any atom is -0.497 e. The number of esters is 1. The normalized spacial score (nSPS) is 10.9. The largest absolute Gasteiger partial charge is 0.497 e. The van der Waals surface area contributed by atoms with E-state index in [9.17, 15) is 13.2 Å². The standard InChI is InChI=1S/C16H18N2O5S/c1-3-23-16(19)10-12-6-4-9-15(17-12)18-24(20,21)14-8-5-7-13(11-14)22-2/h4-9,11H,3,10H2,1-2H3,(H,17,18). The molecular weight excluding hydrogens is 332 g/mol. The topological polar surface area (TPSA) is 94.6 Å². The lowest BCUT2D eigenvalue weighted by Gasteiger charge is -2.09.